The minimum atomic E-state index is 0.391. The molecule has 0 saturated heterocycles. The maximum Gasteiger partial charge on any atom is 0.0765 e. The highest BCUT2D eigenvalue weighted by Crippen LogP contribution is 2.28. The largest absolute Gasteiger partial charge is 0.397 e. The van der Waals surface area contributed by atoms with Gasteiger partial charge < -0.3 is 11.1 Å². The summed E-state index contributed by atoms with van der Waals surface area (Å²) < 4.78 is 0. The maximum atomic E-state index is 5.99. The van der Waals surface area contributed by atoms with E-state index in [0.29, 0.717) is 16.8 Å². The third-order valence-electron chi connectivity index (χ3n) is 2.05. The summed E-state index contributed by atoms with van der Waals surface area (Å²) in [5.41, 5.74) is 7.32. The molecule has 0 aliphatic rings. The van der Waals surface area contributed by atoms with Gasteiger partial charge in [-0.05, 0) is 25.5 Å². The number of halogens is 1. The van der Waals surface area contributed by atoms with Gasteiger partial charge in [0.05, 0.1) is 16.4 Å². The third kappa shape index (κ3) is 2.52. The summed E-state index contributed by atoms with van der Waals surface area (Å²) in [7, 11) is 0. The lowest BCUT2D eigenvalue weighted by molar-refractivity contribution is 0.764. The zero-order chi connectivity index (χ0) is 9.84. The summed E-state index contributed by atoms with van der Waals surface area (Å²) in [4.78, 5) is 0. The average molecular weight is 199 g/mol. The van der Waals surface area contributed by atoms with Crippen molar-refractivity contribution in [1.82, 2.24) is 0 Å². The third-order valence-corrected chi connectivity index (χ3v) is 2.36. The lowest BCUT2D eigenvalue weighted by Crippen LogP contribution is -2.14. The molecule has 1 rings (SSSR count). The maximum absolute atomic E-state index is 5.99. The van der Waals surface area contributed by atoms with Crippen LogP contribution in [0.15, 0.2) is 18.2 Å². The highest BCUT2D eigenvalue weighted by Gasteiger charge is 2.05. The van der Waals surface area contributed by atoms with E-state index in [2.05, 4.69) is 19.2 Å². The Balaban J connectivity index is 2.87. The van der Waals surface area contributed by atoms with E-state index in [9.17, 15) is 0 Å². The van der Waals surface area contributed by atoms with Gasteiger partial charge in [-0.25, -0.2) is 0 Å². The first-order valence-electron chi connectivity index (χ1n) is 4.45. The molecule has 0 radical (unpaired) electrons. The molecule has 0 saturated carbocycles. The zero-order valence-electron chi connectivity index (χ0n) is 7.97. The summed E-state index contributed by atoms with van der Waals surface area (Å²) in [6.07, 6.45) is 1.05. The highest BCUT2D eigenvalue weighted by atomic mass is 35.5. The van der Waals surface area contributed by atoms with Crippen LogP contribution in [0.25, 0.3) is 0 Å². The molecule has 72 valence electrons. The van der Waals surface area contributed by atoms with Crippen LogP contribution in [0.1, 0.15) is 20.3 Å². The highest BCUT2D eigenvalue weighted by molar-refractivity contribution is 6.33. The predicted molar refractivity (Wildman–Crippen MR) is 59.2 cm³/mol. The standard InChI is InChI=1S/C10H15ClN2/c1-3-7(2)13-10-8(11)5-4-6-9(10)12/h4-7,13H,3,12H2,1-2H3. The van der Waals surface area contributed by atoms with Crippen molar-refractivity contribution in [2.24, 2.45) is 0 Å². The van der Waals surface area contributed by atoms with Crippen LogP contribution >= 0.6 is 11.6 Å². The molecule has 3 N–H and O–H groups in total. The molecule has 0 heterocycles. The molecule has 1 atom stereocenters. The lowest BCUT2D eigenvalue weighted by Gasteiger charge is -2.15. The molecule has 1 unspecified atom stereocenters. The Kier molecular flexibility index (Phi) is 3.43. The normalized spacial score (nSPS) is 12.5. The fraction of sp³-hybridized carbons (Fsp3) is 0.400. The molecular weight excluding hydrogens is 184 g/mol. The first-order valence-corrected chi connectivity index (χ1v) is 4.83. The number of nitrogen functional groups attached to an aromatic ring is 1. The number of anilines is 2. The van der Waals surface area contributed by atoms with Crippen LogP contribution in [0, 0.1) is 0 Å². The van der Waals surface area contributed by atoms with Gasteiger partial charge in [-0.3, -0.25) is 0 Å². The zero-order valence-corrected chi connectivity index (χ0v) is 8.73. The number of para-hydroxylation sites is 1. The van der Waals surface area contributed by atoms with Gasteiger partial charge >= 0.3 is 0 Å². The van der Waals surface area contributed by atoms with E-state index < -0.39 is 0 Å². The van der Waals surface area contributed by atoms with Gasteiger partial charge in [0.1, 0.15) is 0 Å². The fourth-order valence-electron chi connectivity index (χ4n) is 1.04. The molecule has 13 heavy (non-hydrogen) atoms. The van der Waals surface area contributed by atoms with Gasteiger partial charge in [0.2, 0.25) is 0 Å². The van der Waals surface area contributed by atoms with Gasteiger partial charge in [0.15, 0.2) is 0 Å². The van der Waals surface area contributed by atoms with E-state index in [4.69, 9.17) is 17.3 Å². The van der Waals surface area contributed by atoms with Crippen LogP contribution in [0.4, 0.5) is 11.4 Å². The molecule has 3 heteroatoms. The average Bonchev–Trinajstić information content (AvgIpc) is 2.11. The van der Waals surface area contributed by atoms with Crippen LogP contribution < -0.4 is 11.1 Å². The number of nitrogens with one attached hydrogen (secondary N) is 1. The Morgan fingerprint density at radius 3 is 2.77 bits per heavy atom. The molecule has 0 fully saturated rings. The van der Waals surface area contributed by atoms with Crippen molar-refractivity contribution in [3.05, 3.63) is 23.2 Å². The van der Waals surface area contributed by atoms with E-state index in [-0.39, 0.29) is 0 Å². The fourth-order valence-corrected chi connectivity index (χ4v) is 1.28. The Hall–Kier alpha value is -0.890. The van der Waals surface area contributed by atoms with Crippen LogP contribution in [0.5, 0.6) is 0 Å². The number of benzene rings is 1. The van der Waals surface area contributed by atoms with Gasteiger partial charge in [-0.2, -0.15) is 0 Å². The number of hydrogen-bond acceptors (Lipinski definition) is 2. The van der Waals surface area contributed by atoms with Crippen molar-refractivity contribution < 1.29 is 0 Å². The second-order valence-electron chi connectivity index (χ2n) is 3.16. The smallest absolute Gasteiger partial charge is 0.0765 e. The first kappa shape index (κ1) is 10.2. The van der Waals surface area contributed by atoms with Crippen molar-refractivity contribution in [1.29, 1.82) is 0 Å². The minimum absolute atomic E-state index is 0.391. The summed E-state index contributed by atoms with van der Waals surface area (Å²) in [5.74, 6) is 0. The molecular formula is C10H15ClN2. The summed E-state index contributed by atoms with van der Waals surface area (Å²) in [6.45, 7) is 4.22. The van der Waals surface area contributed by atoms with Crippen LogP contribution in [0.3, 0.4) is 0 Å². The minimum Gasteiger partial charge on any atom is -0.397 e. The second-order valence-corrected chi connectivity index (χ2v) is 3.56. The van der Waals surface area contributed by atoms with Crippen LogP contribution in [0.2, 0.25) is 5.02 Å². The molecule has 1 aromatic carbocycles. The Labute approximate surface area is 84.1 Å². The van der Waals surface area contributed by atoms with Crippen molar-refractivity contribution in [2.45, 2.75) is 26.3 Å². The molecule has 0 aliphatic carbocycles. The van der Waals surface area contributed by atoms with Gasteiger partial charge in [0.25, 0.3) is 0 Å². The van der Waals surface area contributed by atoms with E-state index in [1.54, 1.807) is 0 Å². The van der Waals surface area contributed by atoms with Gasteiger partial charge in [0, 0.05) is 6.04 Å². The second kappa shape index (κ2) is 4.38. The number of nitrogens with two attached hydrogens (primary N) is 1. The van der Waals surface area contributed by atoms with Crippen molar-refractivity contribution in [2.75, 3.05) is 11.1 Å². The van der Waals surface area contributed by atoms with E-state index in [1.807, 2.05) is 18.2 Å². The van der Waals surface area contributed by atoms with Crippen LogP contribution in [-0.2, 0) is 0 Å². The lowest BCUT2D eigenvalue weighted by atomic mass is 10.2. The summed E-state index contributed by atoms with van der Waals surface area (Å²) in [5, 5.41) is 3.95. The molecule has 0 aliphatic heterocycles. The summed E-state index contributed by atoms with van der Waals surface area (Å²) >= 11 is 5.99. The van der Waals surface area contributed by atoms with Crippen LogP contribution in [-0.4, -0.2) is 6.04 Å². The Morgan fingerprint density at radius 1 is 1.54 bits per heavy atom. The predicted octanol–water partition coefficient (Wildman–Crippen LogP) is 3.13. The first-order chi connectivity index (χ1) is 6.15. The number of rotatable bonds is 3. The van der Waals surface area contributed by atoms with Crippen molar-refractivity contribution >= 4 is 23.0 Å². The Bertz CT molecular complexity index is 266. The SMILES string of the molecule is CCC(C)Nc1c(N)cccc1Cl. The molecule has 0 aromatic heterocycles. The molecule has 1 aromatic rings. The van der Waals surface area contributed by atoms with Crippen molar-refractivity contribution in [3.63, 3.8) is 0 Å². The molecule has 0 amide bonds. The van der Waals surface area contributed by atoms with E-state index in [0.717, 1.165) is 12.1 Å². The van der Waals surface area contributed by atoms with Gasteiger partial charge in [-0.1, -0.05) is 24.6 Å². The monoisotopic (exact) mass is 198 g/mol. The Morgan fingerprint density at radius 2 is 2.23 bits per heavy atom. The number of hydrogen-bond donors (Lipinski definition) is 2. The van der Waals surface area contributed by atoms with E-state index in [1.165, 1.54) is 0 Å². The quantitative estimate of drug-likeness (QED) is 0.733. The molecule has 0 bridgehead atoms. The van der Waals surface area contributed by atoms with Crippen molar-refractivity contribution in [3.8, 4) is 0 Å². The molecule has 0 spiro atoms. The van der Waals surface area contributed by atoms with Gasteiger partial charge in [-0.15, -0.1) is 0 Å². The topological polar surface area (TPSA) is 38.0 Å². The van der Waals surface area contributed by atoms with E-state index >= 15 is 0 Å². The molecule has 2 nitrogen and oxygen atoms in total. The summed E-state index contributed by atoms with van der Waals surface area (Å²) in [6, 6.07) is 5.92.